The molecule has 2 amide bonds. The van der Waals surface area contributed by atoms with Gasteiger partial charge in [-0.05, 0) is 37.7 Å². The van der Waals surface area contributed by atoms with E-state index in [-0.39, 0.29) is 10.8 Å². The van der Waals surface area contributed by atoms with Gasteiger partial charge in [0.2, 0.25) is 0 Å². The first-order valence-electron chi connectivity index (χ1n) is 7.73. The summed E-state index contributed by atoms with van der Waals surface area (Å²) in [6.07, 6.45) is 7.15. The van der Waals surface area contributed by atoms with E-state index < -0.39 is 0 Å². The molecule has 3 rings (SSSR count). The molecule has 5 nitrogen and oxygen atoms in total. The minimum Gasteiger partial charge on any atom is -0.338 e. The fourth-order valence-electron chi connectivity index (χ4n) is 2.72. The Hall–Kier alpha value is -1.69. The van der Waals surface area contributed by atoms with Gasteiger partial charge in [-0.25, -0.2) is 9.78 Å². The van der Waals surface area contributed by atoms with Crippen LogP contribution in [-0.2, 0) is 6.42 Å². The molecule has 0 spiro atoms. The second-order valence-corrected chi connectivity index (χ2v) is 7.64. The number of rotatable bonds is 5. The van der Waals surface area contributed by atoms with E-state index in [0.29, 0.717) is 6.54 Å². The standard InChI is InChI=1S/C16H22N4OS/c1-16(7-4-10-22-16)12-18-15(21)17-8-6-13-11-20-9-3-2-5-14(20)19-13/h2-3,5,9,11H,4,6-8,10,12H2,1H3,(H2,17,18,21)/t16-/m1/s1. The number of amides is 2. The van der Waals surface area contributed by atoms with Gasteiger partial charge in [0.15, 0.2) is 0 Å². The minimum absolute atomic E-state index is 0.0857. The zero-order valence-electron chi connectivity index (χ0n) is 12.8. The first kappa shape index (κ1) is 15.2. The maximum Gasteiger partial charge on any atom is 0.314 e. The van der Waals surface area contributed by atoms with Crippen molar-refractivity contribution >= 4 is 23.4 Å². The summed E-state index contributed by atoms with van der Waals surface area (Å²) in [5, 5.41) is 5.89. The van der Waals surface area contributed by atoms with Crippen LogP contribution >= 0.6 is 11.8 Å². The summed E-state index contributed by atoms with van der Waals surface area (Å²) in [5.74, 6) is 1.20. The molecular weight excluding hydrogens is 296 g/mol. The van der Waals surface area contributed by atoms with Gasteiger partial charge in [-0.1, -0.05) is 6.07 Å². The third kappa shape index (κ3) is 3.74. The molecule has 0 bridgehead atoms. The van der Waals surface area contributed by atoms with E-state index in [9.17, 15) is 4.79 Å². The number of thioether (sulfide) groups is 1. The van der Waals surface area contributed by atoms with Crippen LogP contribution < -0.4 is 10.6 Å². The average molecular weight is 318 g/mol. The highest BCUT2D eigenvalue weighted by atomic mass is 32.2. The number of aromatic nitrogens is 2. The highest BCUT2D eigenvalue weighted by Gasteiger charge is 2.29. The molecule has 118 valence electrons. The lowest BCUT2D eigenvalue weighted by atomic mass is 10.1. The van der Waals surface area contributed by atoms with Gasteiger partial charge in [0, 0.05) is 36.7 Å². The summed E-state index contributed by atoms with van der Waals surface area (Å²) in [4.78, 5) is 16.4. The Balaban J connectivity index is 1.41. The molecule has 0 unspecified atom stereocenters. The predicted molar refractivity (Wildman–Crippen MR) is 90.4 cm³/mol. The molecule has 0 radical (unpaired) electrons. The molecule has 1 aliphatic rings. The number of hydrogen-bond donors (Lipinski definition) is 2. The summed E-state index contributed by atoms with van der Waals surface area (Å²) in [5.41, 5.74) is 1.93. The lowest BCUT2D eigenvalue weighted by Gasteiger charge is -2.22. The van der Waals surface area contributed by atoms with Crippen LogP contribution in [0.25, 0.3) is 5.65 Å². The molecule has 3 heterocycles. The van der Waals surface area contributed by atoms with Gasteiger partial charge in [0.05, 0.1) is 5.69 Å². The van der Waals surface area contributed by atoms with E-state index in [2.05, 4.69) is 22.5 Å². The predicted octanol–water partition coefficient (Wildman–Crippen LogP) is 2.46. The fraction of sp³-hybridized carbons (Fsp3) is 0.500. The molecule has 0 saturated carbocycles. The van der Waals surface area contributed by atoms with Crippen molar-refractivity contribution in [2.75, 3.05) is 18.8 Å². The molecule has 2 N–H and O–H groups in total. The molecule has 2 aromatic rings. The van der Waals surface area contributed by atoms with Gasteiger partial charge in [-0.2, -0.15) is 11.8 Å². The third-order valence-corrected chi connectivity index (χ3v) is 5.54. The van der Waals surface area contributed by atoms with Crippen molar-refractivity contribution in [2.45, 2.75) is 30.9 Å². The number of nitrogens with zero attached hydrogens (tertiary/aromatic N) is 2. The normalized spacial score (nSPS) is 21.1. The minimum atomic E-state index is -0.0857. The number of carbonyl (C=O) groups is 1. The third-order valence-electron chi connectivity index (χ3n) is 4.00. The quantitative estimate of drug-likeness (QED) is 0.890. The summed E-state index contributed by atoms with van der Waals surface area (Å²) in [6.45, 7) is 3.55. The lowest BCUT2D eigenvalue weighted by Crippen LogP contribution is -2.43. The van der Waals surface area contributed by atoms with Gasteiger partial charge < -0.3 is 15.0 Å². The van der Waals surface area contributed by atoms with E-state index in [1.165, 1.54) is 18.6 Å². The Kier molecular flexibility index (Phi) is 4.57. The zero-order valence-corrected chi connectivity index (χ0v) is 13.7. The Morgan fingerprint density at radius 1 is 1.45 bits per heavy atom. The van der Waals surface area contributed by atoms with Gasteiger partial charge in [0.25, 0.3) is 0 Å². The van der Waals surface area contributed by atoms with Crippen LogP contribution in [0.15, 0.2) is 30.6 Å². The first-order chi connectivity index (χ1) is 10.6. The molecule has 2 aromatic heterocycles. The smallest absolute Gasteiger partial charge is 0.314 e. The van der Waals surface area contributed by atoms with E-state index in [0.717, 1.165) is 24.3 Å². The molecule has 0 aliphatic carbocycles. The molecule has 22 heavy (non-hydrogen) atoms. The van der Waals surface area contributed by atoms with Crippen molar-refractivity contribution in [3.05, 3.63) is 36.3 Å². The van der Waals surface area contributed by atoms with Crippen LogP contribution in [0.1, 0.15) is 25.5 Å². The zero-order chi connectivity index (χ0) is 15.4. The molecule has 1 atom stereocenters. The fourth-order valence-corrected chi connectivity index (χ4v) is 3.96. The number of imidazole rings is 1. The Bertz CT molecular complexity index is 615. The van der Waals surface area contributed by atoms with Crippen molar-refractivity contribution in [1.29, 1.82) is 0 Å². The van der Waals surface area contributed by atoms with Crippen LogP contribution in [-0.4, -0.2) is 39.0 Å². The number of pyridine rings is 1. The van der Waals surface area contributed by atoms with Crippen LogP contribution in [0.5, 0.6) is 0 Å². The van der Waals surface area contributed by atoms with E-state index in [1.54, 1.807) is 0 Å². The first-order valence-corrected chi connectivity index (χ1v) is 8.71. The molecular formula is C16H22N4OS. The van der Waals surface area contributed by atoms with Gasteiger partial charge in [0.1, 0.15) is 5.65 Å². The van der Waals surface area contributed by atoms with E-state index in [4.69, 9.17) is 0 Å². The number of carbonyl (C=O) groups excluding carboxylic acids is 1. The van der Waals surface area contributed by atoms with Crippen LogP contribution in [0.4, 0.5) is 4.79 Å². The van der Waals surface area contributed by atoms with Crippen molar-refractivity contribution in [1.82, 2.24) is 20.0 Å². The molecule has 1 aliphatic heterocycles. The maximum atomic E-state index is 11.8. The summed E-state index contributed by atoms with van der Waals surface area (Å²) < 4.78 is 2.20. The van der Waals surface area contributed by atoms with Gasteiger partial charge >= 0.3 is 6.03 Å². The van der Waals surface area contributed by atoms with E-state index >= 15 is 0 Å². The maximum absolute atomic E-state index is 11.8. The van der Waals surface area contributed by atoms with Gasteiger partial charge in [-0.15, -0.1) is 0 Å². The van der Waals surface area contributed by atoms with Crippen molar-refractivity contribution in [2.24, 2.45) is 0 Å². The van der Waals surface area contributed by atoms with Crippen LogP contribution in [0.2, 0.25) is 0 Å². The summed E-state index contributed by atoms with van der Waals surface area (Å²) in [7, 11) is 0. The Morgan fingerprint density at radius 2 is 2.36 bits per heavy atom. The van der Waals surface area contributed by atoms with Crippen molar-refractivity contribution < 1.29 is 4.79 Å². The highest BCUT2D eigenvalue weighted by molar-refractivity contribution is 8.00. The second kappa shape index (κ2) is 6.60. The molecule has 1 saturated heterocycles. The number of nitrogens with one attached hydrogen (secondary N) is 2. The monoisotopic (exact) mass is 318 g/mol. The van der Waals surface area contributed by atoms with Crippen LogP contribution in [0, 0.1) is 0 Å². The van der Waals surface area contributed by atoms with Crippen LogP contribution in [0.3, 0.4) is 0 Å². The van der Waals surface area contributed by atoms with E-state index in [1.807, 2.05) is 46.8 Å². The topological polar surface area (TPSA) is 58.4 Å². The molecule has 1 fully saturated rings. The average Bonchev–Trinajstić information content (AvgIpc) is 3.11. The number of fused-ring (bicyclic) bond motifs is 1. The second-order valence-electron chi connectivity index (χ2n) is 5.96. The van der Waals surface area contributed by atoms with Gasteiger partial charge in [-0.3, -0.25) is 0 Å². The Labute approximate surface area is 134 Å². The SMILES string of the molecule is C[C@]1(CNC(=O)NCCc2cn3ccccc3n2)CCCS1. The number of urea groups is 1. The van der Waals surface area contributed by atoms with Crippen molar-refractivity contribution in [3.63, 3.8) is 0 Å². The summed E-state index contributed by atoms with van der Waals surface area (Å²) in [6, 6.07) is 5.84. The Morgan fingerprint density at radius 3 is 3.14 bits per heavy atom. The summed E-state index contributed by atoms with van der Waals surface area (Å²) >= 11 is 1.95. The number of hydrogen-bond acceptors (Lipinski definition) is 3. The lowest BCUT2D eigenvalue weighted by molar-refractivity contribution is 0.240. The van der Waals surface area contributed by atoms with Crippen molar-refractivity contribution in [3.8, 4) is 0 Å². The largest absolute Gasteiger partial charge is 0.338 e. The molecule has 0 aromatic carbocycles. The molecule has 6 heteroatoms. The highest BCUT2D eigenvalue weighted by Crippen LogP contribution is 2.36.